The molecule has 4 aliphatic heterocycles. The third kappa shape index (κ3) is 2.89. The van der Waals surface area contributed by atoms with E-state index >= 15 is 0 Å². The molecule has 198 valence electrons. The highest BCUT2D eigenvalue weighted by Gasteiger charge is 2.74. The van der Waals surface area contributed by atoms with Gasteiger partial charge in [0.2, 0.25) is 11.8 Å². The van der Waals surface area contributed by atoms with Crippen molar-refractivity contribution < 1.29 is 28.0 Å². The van der Waals surface area contributed by atoms with E-state index in [9.17, 15) is 19.2 Å². The zero-order chi connectivity index (χ0) is 27.1. The first kappa shape index (κ1) is 23.1. The van der Waals surface area contributed by atoms with Crippen molar-refractivity contribution in [2.45, 2.75) is 24.2 Å². The van der Waals surface area contributed by atoms with Gasteiger partial charge in [-0.3, -0.25) is 19.2 Å². The molecule has 4 aromatic rings. The molecule has 40 heavy (non-hydrogen) atoms. The topological polar surface area (TPSA) is 108 Å². The van der Waals surface area contributed by atoms with E-state index in [4.69, 9.17) is 8.83 Å². The predicted octanol–water partition coefficient (Wildman–Crippen LogP) is 3.32. The van der Waals surface area contributed by atoms with E-state index in [2.05, 4.69) is 0 Å². The molecule has 0 N–H and O–H groups in total. The fourth-order valence-corrected chi connectivity index (χ4v) is 6.97. The van der Waals surface area contributed by atoms with Gasteiger partial charge in [-0.1, -0.05) is 36.4 Å². The summed E-state index contributed by atoms with van der Waals surface area (Å²) < 4.78 is 11.6. The first-order valence-electron chi connectivity index (χ1n) is 13.1. The highest BCUT2D eigenvalue weighted by Crippen LogP contribution is 2.59. The van der Waals surface area contributed by atoms with Crippen LogP contribution in [-0.2, 0) is 19.2 Å². The predicted molar refractivity (Wildman–Crippen MR) is 139 cm³/mol. The number of benzene rings is 2. The van der Waals surface area contributed by atoms with Gasteiger partial charge in [-0.05, 0) is 48.5 Å². The summed E-state index contributed by atoms with van der Waals surface area (Å²) in [5.74, 6) is -2.48. The SMILES string of the molecule is O=C1[C@@H]2[C@@H](C(=O)N1c1ccccc1)N1[C@H](c3ccco3)[C@@H]3C(=O)N(c4ccccc4)C(=O)[C@@H]3N1[C@@H]2c1ccco1. The molecular formula is C30H22N4O6. The van der Waals surface area contributed by atoms with E-state index in [0.717, 1.165) is 0 Å². The minimum atomic E-state index is -0.964. The Morgan fingerprint density at radius 3 is 1.20 bits per heavy atom. The average Bonchev–Trinajstić information content (AvgIpc) is 3.80. The largest absolute Gasteiger partial charge is 0.468 e. The van der Waals surface area contributed by atoms with Crippen LogP contribution >= 0.6 is 0 Å². The molecule has 0 unspecified atom stereocenters. The van der Waals surface area contributed by atoms with E-state index in [0.29, 0.717) is 22.9 Å². The Labute approximate surface area is 227 Å². The molecule has 6 heterocycles. The minimum Gasteiger partial charge on any atom is -0.468 e. The number of furan rings is 2. The van der Waals surface area contributed by atoms with Crippen LogP contribution in [0.5, 0.6) is 0 Å². The summed E-state index contributed by atoms with van der Waals surface area (Å²) in [4.78, 5) is 58.8. The fourth-order valence-electron chi connectivity index (χ4n) is 6.97. The number of anilines is 2. The molecule has 0 aliphatic carbocycles. The Kier molecular flexibility index (Phi) is 4.82. The number of imide groups is 2. The lowest BCUT2D eigenvalue weighted by molar-refractivity contribution is -0.136. The van der Waals surface area contributed by atoms with Crippen molar-refractivity contribution >= 4 is 35.0 Å². The van der Waals surface area contributed by atoms with Crippen LogP contribution in [0.2, 0.25) is 0 Å². The molecular weight excluding hydrogens is 512 g/mol. The Bertz CT molecular complexity index is 1510. The smallest absolute Gasteiger partial charge is 0.253 e. The summed E-state index contributed by atoms with van der Waals surface area (Å²) in [6, 6.07) is 20.9. The van der Waals surface area contributed by atoms with E-state index < -0.39 is 47.8 Å². The van der Waals surface area contributed by atoms with Gasteiger partial charge in [0.1, 0.15) is 23.6 Å². The number of hydrogen-bond acceptors (Lipinski definition) is 8. The van der Waals surface area contributed by atoms with Crippen molar-refractivity contribution in [2.24, 2.45) is 11.8 Å². The van der Waals surface area contributed by atoms with Gasteiger partial charge in [0.15, 0.2) is 0 Å². The summed E-state index contributed by atoms with van der Waals surface area (Å²) in [7, 11) is 0. The van der Waals surface area contributed by atoms with E-state index in [1.165, 1.54) is 22.3 Å². The second-order valence-electron chi connectivity index (χ2n) is 10.3. The lowest BCUT2D eigenvalue weighted by atomic mass is 9.87. The molecule has 2 aromatic heterocycles. The van der Waals surface area contributed by atoms with Crippen molar-refractivity contribution in [1.82, 2.24) is 10.0 Å². The Hall–Kier alpha value is -4.80. The highest BCUT2D eigenvalue weighted by atomic mass is 16.3. The van der Waals surface area contributed by atoms with Crippen molar-refractivity contribution in [1.29, 1.82) is 0 Å². The number of para-hydroxylation sites is 2. The van der Waals surface area contributed by atoms with Crippen LogP contribution in [0.4, 0.5) is 11.4 Å². The molecule has 4 fully saturated rings. The number of carbonyl (C=O) groups excluding carboxylic acids is 4. The van der Waals surface area contributed by atoms with Gasteiger partial charge in [-0.15, -0.1) is 0 Å². The second-order valence-corrected chi connectivity index (χ2v) is 10.3. The third-order valence-corrected chi connectivity index (χ3v) is 8.42. The van der Waals surface area contributed by atoms with E-state index in [1.54, 1.807) is 82.8 Å². The summed E-state index contributed by atoms with van der Waals surface area (Å²) in [6.07, 6.45) is 3.00. The minimum absolute atomic E-state index is 0.386. The zero-order valence-electron chi connectivity index (χ0n) is 20.9. The fraction of sp³-hybridized carbons (Fsp3) is 0.200. The lowest BCUT2D eigenvalue weighted by Gasteiger charge is -2.34. The molecule has 2 aromatic carbocycles. The molecule has 0 bridgehead atoms. The van der Waals surface area contributed by atoms with Crippen molar-refractivity contribution in [3.05, 3.63) is 109 Å². The zero-order valence-corrected chi connectivity index (χ0v) is 20.9. The van der Waals surface area contributed by atoms with Crippen LogP contribution in [0.25, 0.3) is 0 Å². The molecule has 4 saturated heterocycles. The Morgan fingerprint density at radius 2 is 0.850 bits per heavy atom. The van der Waals surface area contributed by atoms with Gasteiger partial charge in [0.05, 0.1) is 47.8 Å². The van der Waals surface area contributed by atoms with Gasteiger partial charge < -0.3 is 8.83 Å². The molecule has 10 nitrogen and oxygen atoms in total. The van der Waals surface area contributed by atoms with Gasteiger partial charge >= 0.3 is 0 Å². The standard InChI is InChI=1S/C30H22N4O6/c35-27-21-23(19-13-7-15-39-19)34-26-22(28(36)32(30(26)38)18-11-5-2-6-12-18)24(20-14-8-16-40-20)33(34)25(21)29(37)31(27)17-9-3-1-4-10-17/h1-16,21-26H/t21-,22-,23+,24+,25-,26+/m0/s1. The molecule has 4 amide bonds. The quantitative estimate of drug-likeness (QED) is 0.367. The number of hydrogen-bond donors (Lipinski definition) is 0. The van der Waals surface area contributed by atoms with Crippen molar-refractivity contribution in [3.8, 4) is 0 Å². The molecule has 0 saturated carbocycles. The summed E-state index contributed by atoms with van der Waals surface area (Å²) in [6.45, 7) is 0. The van der Waals surface area contributed by atoms with Gasteiger partial charge in [-0.25, -0.2) is 19.8 Å². The average molecular weight is 535 g/mol. The van der Waals surface area contributed by atoms with Crippen LogP contribution in [0.1, 0.15) is 23.6 Å². The molecule has 0 spiro atoms. The molecule has 8 rings (SSSR count). The van der Waals surface area contributed by atoms with Gasteiger partial charge in [0.25, 0.3) is 11.8 Å². The molecule has 4 aliphatic rings. The summed E-state index contributed by atoms with van der Waals surface area (Å²) in [5.41, 5.74) is 0.931. The highest BCUT2D eigenvalue weighted by molar-refractivity contribution is 6.26. The van der Waals surface area contributed by atoms with E-state index in [1.807, 2.05) is 12.1 Å². The molecule has 6 atom stereocenters. The maximum absolute atomic E-state index is 14.1. The Morgan fingerprint density at radius 1 is 0.450 bits per heavy atom. The monoisotopic (exact) mass is 534 g/mol. The van der Waals surface area contributed by atoms with E-state index in [-0.39, 0.29) is 11.8 Å². The van der Waals surface area contributed by atoms with Crippen molar-refractivity contribution in [2.75, 3.05) is 9.80 Å². The van der Waals surface area contributed by atoms with Crippen LogP contribution in [0.3, 0.4) is 0 Å². The van der Waals surface area contributed by atoms with Crippen LogP contribution in [-0.4, -0.2) is 45.7 Å². The maximum atomic E-state index is 14.1. The number of rotatable bonds is 4. The number of amides is 4. The second kappa shape index (κ2) is 8.35. The first-order chi connectivity index (χ1) is 19.6. The van der Waals surface area contributed by atoms with Crippen LogP contribution in [0.15, 0.2) is 106 Å². The Balaban J connectivity index is 1.32. The third-order valence-electron chi connectivity index (χ3n) is 8.42. The molecule has 0 radical (unpaired) electrons. The first-order valence-corrected chi connectivity index (χ1v) is 13.1. The van der Waals surface area contributed by atoms with Crippen LogP contribution < -0.4 is 9.80 Å². The lowest BCUT2D eigenvalue weighted by Crippen LogP contribution is -2.50. The number of hydrazine groups is 1. The molecule has 10 heteroatoms. The number of nitrogens with zero attached hydrogens (tertiary/aromatic N) is 4. The summed E-state index contributed by atoms with van der Waals surface area (Å²) in [5, 5.41) is 3.49. The number of fused-ring (bicyclic) bond motifs is 5. The van der Waals surface area contributed by atoms with Crippen LogP contribution in [0, 0.1) is 11.8 Å². The summed E-state index contributed by atoms with van der Waals surface area (Å²) >= 11 is 0. The maximum Gasteiger partial charge on any atom is 0.253 e. The van der Waals surface area contributed by atoms with Crippen molar-refractivity contribution in [3.63, 3.8) is 0 Å². The van der Waals surface area contributed by atoms with Gasteiger partial charge in [-0.2, -0.15) is 0 Å². The number of carbonyl (C=O) groups is 4. The van der Waals surface area contributed by atoms with Gasteiger partial charge in [0, 0.05) is 0 Å². The normalized spacial score (nSPS) is 29.9.